The Kier molecular flexibility index (Phi) is 5.58. The van der Waals surface area contributed by atoms with E-state index in [0.29, 0.717) is 45.7 Å². The van der Waals surface area contributed by atoms with Crippen molar-refractivity contribution in [1.29, 1.82) is 0 Å². The molecule has 0 aliphatic heterocycles. The van der Waals surface area contributed by atoms with E-state index in [4.69, 9.17) is 16.0 Å². The highest BCUT2D eigenvalue weighted by Crippen LogP contribution is 2.49. The fraction of sp³-hybridized carbons (Fsp3) is 0.188. The summed E-state index contributed by atoms with van der Waals surface area (Å²) < 4.78 is 7.78. The molecule has 1 N–H and O–H groups in total. The number of carbonyl (C=O) groups excluding carboxylic acids is 1. The number of Topliss-reactive ketones (excluding diaryl/α,β-unsaturated/α-hetero) is 1. The van der Waals surface area contributed by atoms with Crippen LogP contribution in [0.1, 0.15) is 41.9 Å². The van der Waals surface area contributed by atoms with Gasteiger partial charge in [0.1, 0.15) is 16.9 Å². The number of nitrogens with zero attached hydrogens (tertiary/aromatic N) is 1. The first-order valence-electron chi connectivity index (χ1n) is 12.5. The zero-order valence-electron chi connectivity index (χ0n) is 21.3. The Hall–Kier alpha value is -4.09. The SMILES string of the molecule is Cc1ccc2c(O)c(-c3c4c(n(-c5ccc(Cl)cc5)c3-c3ccccc3)CC(C)(C)CC4=O)c(=O)oc2c1. The first-order chi connectivity index (χ1) is 18.1. The summed E-state index contributed by atoms with van der Waals surface area (Å²) >= 11 is 6.23. The van der Waals surface area contributed by atoms with E-state index in [1.165, 1.54) is 0 Å². The lowest BCUT2D eigenvalue weighted by molar-refractivity contribution is 0.0911. The number of aromatic hydroxyl groups is 1. The molecular formula is C32H26ClNO4. The number of hydrogen-bond acceptors (Lipinski definition) is 4. The third-order valence-corrected chi connectivity index (χ3v) is 7.50. The highest BCUT2D eigenvalue weighted by molar-refractivity contribution is 6.30. The van der Waals surface area contributed by atoms with Gasteiger partial charge in [-0.3, -0.25) is 4.79 Å². The number of carbonyl (C=O) groups is 1. The molecule has 5 aromatic rings. The molecule has 6 rings (SSSR count). The average molecular weight is 524 g/mol. The van der Waals surface area contributed by atoms with Crippen molar-refractivity contribution in [2.24, 2.45) is 5.41 Å². The van der Waals surface area contributed by atoms with Crippen molar-refractivity contribution in [3.05, 3.63) is 105 Å². The van der Waals surface area contributed by atoms with Gasteiger partial charge in [-0.25, -0.2) is 4.79 Å². The van der Waals surface area contributed by atoms with Gasteiger partial charge in [0.15, 0.2) is 5.78 Å². The summed E-state index contributed by atoms with van der Waals surface area (Å²) in [4.78, 5) is 27.5. The van der Waals surface area contributed by atoms with Crippen LogP contribution in [0.4, 0.5) is 0 Å². The summed E-state index contributed by atoms with van der Waals surface area (Å²) in [5.74, 6) is -0.263. The van der Waals surface area contributed by atoms with Crippen LogP contribution in [-0.4, -0.2) is 15.5 Å². The van der Waals surface area contributed by atoms with Crippen LogP contribution < -0.4 is 5.63 Å². The Balaban J connectivity index is 1.81. The molecule has 0 unspecified atom stereocenters. The van der Waals surface area contributed by atoms with Gasteiger partial charge in [0.2, 0.25) is 0 Å². The van der Waals surface area contributed by atoms with Crippen LogP contribution >= 0.6 is 11.6 Å². The summed E-state index contributed by atoms with van der Waals surface area (Å²) in [6, 6.07) is 22.3. The monoisotopic (exact) mass is 523 g/mol. The van der Waals surface area contributed by atoms with Gasteiger partial charge in [0.05, 0.1) is 11.1 Å². The van der Waals surface area contributed by atoms with Crippen molar-refractivity contribution in [3.8, 4) is 33.8 Å². The maximum absolute atomic E-state index is 13.9. The maximum atomic E-state index is 13.9. The van der Waals surface area contributed by atoms with Gasteiger partial charge in [-0.15, -0.1) is 0 Å². The first kappa shape index (κ1) is 24.3. The molecule has 1 aliphatic rings. The molecule has 0 bridgehead atoms. The Morgan fingerprint density at radius 2 is 1.61 bits per heavy atom. The number of rotatable bonds is 3. The number of aromatic nitrogens is 1. The van der Waals surface area contributed by atoms with E-state index < -0.39 is 5.63 Å². The van der Waals surface area contributed by atoms with Crippen LogP contribution in [0.3, 0.4) is 0 Å². The summed E-state index contributed by atoms with van der Waals surface area (Å²) in [5.41, 5.74) is 4.14. The quantitative estimate of drug-likeness (QED) is 0.245. The van der Waals surface area contributed by atoms with Gasteiger partial charge >= 0.3 is 5.63 Å². The second-order valence-electron chi connectivity index (χ2n) is 10.8. The zero-order chi connectivity index (χ0) is 26.8. The van der Waals surface area contributed by atoms with Crippen LogP contribution in [0.25, 0.3) is 39.0 Å². The van der Waals surface area contributed by atoms with E-state index in [2.05, 4.69) is 13.8 Å². The van der Waals surface area contributed by atoms with Gasteiger partial charge in [0.25, 0.3) is 0 Å². The molecule has 5 nitrogen and oxygen atoms in total. The van der Waals surface area contributed by atoms with Gasteiger partial charge in [-0.1, -0.05) is 61.8 Å². The number of aryl methyl sites for hydroxylation is 1. The summed E-state index contributed by atoms with van der Waals surface area (Å²) in [5, 5.41) is 12.6. The molecule has 0 fully saturated rings. The molecule has 2 heterocycles. The van der Waals surface area contributed by atoms with Gasteiger partial charge in [0, 0.05) is 34.0 Å². The molecule has 0 spiro atoms. The number of halogens is 1. The third kappa shape index (κ3) is 3.86. The Morgan fingerprint density at radius 1 is 0.895 bits per heavy atom. The average Bonchev–Trinajstić information content (AvgIpc) is 3.18. The first-order valence-corrected chi connectivity index (χ1v) is 12.9. The van der Waals surface area contributed by atoms with E-state index in [9.17, 15) is 14.7 Å². The lowest BCUT2D eigenvalue weighted by Crippen LogP contribution is -2.28. The van der Waals surface area contributed by atoms with Crippen LogP contribution in [0, 0.1) is 12.3 Å². The minimum atomic E-state index is -0.688. The molecule has 6 heteroatoms. The van der Waals surface area contributed by atoms with Crippen molar-refractivity contribution in [2.75, 3.05) is 0 Å². The van der Waals surface area contributed by atoms with E-state index in [0.717, 1.165) is 22.5 Å². The van der Waals surface area contributed by atoms with Crippen LogP contribution in [0.15, 0.2) is 82.0 Å². The fourth-order valence-electron chi connectivity index (χ4n) is 5.63. The fourth-order valence-corrected chi connectivity index (χ4v) is 5.75. The predicted molar refractivity (Wildman–Crippen MR) is 151 cm³/mol. The van der Waals surface area contributed by atoms with E-state index in [1.807, 2.05) is 60.0 Å². The van der Waals surface area contributed by atoms with E-state index >= 15 is 0 Å². The molecule has 3 aromatic carbocycles. The van der Waals surface area contributed by atoms with Crippen molar-refractivity contribution in [3.63, 3.8) is 0 Å². The minimum Gasteiger partial charge on any atom is -0.506 e. The van der Waals surface area contributed by atoms with Crippen LogP contribution in [0.2, 0.25) is 5.02 Å². The highest BCUT2D eigenvalue weighted by atomic mass is 35.5. The molecule has 0 radical (unpaired) electrons. The lowest BCUT2D eigenvalue weighted by Gasteiger charge is -2.30. The third-order valence-electron chi connectivity index (χ3n) is 7.25. The second-order valence-corrected chi connectivity index (χ2v) is 11.2. The molecule has 0 amide bonds. The predicted octanol–water partition coefficient (Wildman–Crippen LogP) is 7.74. The molecule has 1 aliphatic carbocycles. The molecule has 38 heavy (non-hydrogen) atoms. The minimum absolute atomic E-state index is 0.00257. The standard InChI is InChI=1S/C32H26ClNO4/c1-18-9-14-22-25(15-18)38-31(37)28(30(22)36)27-26-23(16-32(2,3)17-24(26)35)34(21-12-10-20(33)11-13-21)29(27)19-7-5-4-6-8-19/h4-15,36H,16-17H2,1-3H3. The largest absolute Gasteiger partial charge is 0.506 e. The zero-order valence-corrected chi connectivity index (χ0v) is 22.1. The Labute approximate surface area is 224 Å². The molecule has 0 saturated carbocycles. The van der Waals surface area contributed by atoms with Crippen molar-refractivity contribution >= 4 is 28.4 Å². The number of hydrogen-bond donors (Lipinski definition) is 1. The molecule has 0 saturated heterocycles. The van der Waals surface area contributed by atoms with Crippen LogP contribution in [0.5, 0.6) is 5.75 Å². The van der Waals surface area contributed by atoms with E-state index in [-0.39, 0.29) is 22.5 Å². The number of ketones is 1. The molecule has 2 aromatic heterocycles. The smallest absolute Gasteiger partial charge is 0.348 e. The van der Waals surface area contributed by atoms with Crippen LogP contribution in [-0.2, 0) is 6.42 Å². The van der Waals surface area contributed by atoms with Gasteiger partial charge in [-0.2, -0.15) is 0 Å². The number of benzene rings is 3. The van der Waals surface area contributed by atoms with Gasteiger partial charge < -0.3 is 14.1 Å². The van der Waals surface area contributed by atoms with Crippen molar-refractivity contribution < 1.29 is 14.3 Å². The van der Waals surface area contributed by atoms with Crippen molar-refractivity contribution in [1.82, 2.24) is 4.57 Å². The van der Waals surface area contributed by atoms with Crippen molar-refractivity contribution in [2.45, 2.75) is 33.6 Å². The topological polar surface area (TPSA) is 72.4 Å². The highest BCUT2D eigenvalue weighted by Gasteiger charge is 2.40. The lowest BCUT2D eigenvalue weighted by atomic mass is 9.75. The maximum Gasteiger partial charge on any atom is 0.348 e. The van der Waals surface area contributed by atoms with E-state index in [1.54, 1.807) is 24.3 Å². The molecular weight excluding hydrogens is 498 g/mol. The second kappa shape index (κ2) is 8.74. The van der Waals surface area contributed by atoms with Gasteiger partial charge in [-0.05, 0) is 66.3 Å². The molecule has 0 atom stereocenters. The normalized spacial score (nSPS) is 14.6. The molecule has 190 valence electrons. The summed E-state index contributed by atoms with van der Waals surface area (Å²) in [6.45, 7) is 6.03. The summed E-state index contributed by atoms with van der Waals surface area (Å²) in [7, 11) is 0. The number of fused-ring (bicyclic) bond motifs is 2. The summed E-state index contributed by atoms with van der Waals surface area (Å²) in [6.07, 6.45) is 0.931. The Bertz CT molecular complexity index is 1790. The Morgan fingerprint density at radius 3 is 2.32 bits per heavy atom.